The zero-order valence-electron chi connectivity index (χ0n) is 16.6. The molecule has 0 radical (unpaired) electrons. The summed E-state index contributed by atoms with van der Waals surface area (Å²) in [6.45, 7) is 4.07. The number of carbonyl (C=O) groups excluding carboxylic acids is 2. The summed E-state index contributed by atoms with van der Waals surface area (Å²) in [7, 11) is 0. The summed E-state index contributed by atoms with van der Waals surface area (Å²) < 4.78 is 5.17. The van der Waals surface area contributed by atoms with Crippen LogP contribution in [0.1, 0.15) is 25.0 Å². The molecule has 0 aliphatic rings. The van der Waals surface area contributed by atoms with Crippen LogP contribution in [0.15, 0.2) is 72.9 Å². The van der Waals surface area contributed by atoms with Crippen molar-refractivity contribution in [3.05, 3.63) is 84.1 Å². The van der Waals surface area contributed by atoms with Crippen LogP contribution in [0.2, 0.25) is 0 Å². The smallest absolute Gasteiger partial charge is 0.331 e. The quantitative estimate of drug-likeness (QED) is 0.449. The SMILES string of the molecule is CC(C)N(Cc1ccccc1)C(=O)COC(=O)/C=C/c1cccc2cccnc12. The Labute approximate surface area is 170 Å². The molecule has 29 heavy (non-hydrogen) atoms. The molecule has 0 saturated heterocycles. The van der Waals surface area contributed by atoms with Gasteiger partial charge in [-0.25, -0.2) is 4.79 Å². The van der Waals surface area contributed by atoms with E-state index in [0.29, 0.717) is 6.54 Å². The summed E-state index contributed by atoms with van der Waals surface area (Å²) >= 11 is 0. The van der Waals surface area contributed by atoms with Crippen LogP contribution in [0.4, 0.5) is 0 Å². The van der Waals surface area contributed by atoms with E-state index in [-0.39, 0.29) is 18.6 Å². The molecule has 5 heteroatoms. The molecule has 0 atom stereocenters. The molecule has 3 rings (SSSR count). The lowest BCUT2D eigenvalue weighted by Crippen LogP contribution is -2.39. The van der Waals surface area contributed by atoms with Crippen molar-refractivity contribution in [2.24, 2.45) is 0 Å². The van der Waals surface area contributed by atoms with Gasteiger partial charge in [0, 0.05) is 35.8 Å². The molecule has 148 valence electrons. The molecule has 1 aromatic heterocycles. The fourth-order valence-electron chi connectivity index (χ4n) is 3.02. The minimum atomic E-state index is -0.560. The van der Waals surface area contributed by atoms with Gasteiger partial charge in [-0.1, -0.05) is 54.6 Å². The van der Waals surface area contributed by atoms with Gasteiger partial charge >= 0.3 is 5.97 Å². The Morgan fingerprint density at radius 1 is 1.03 bits per heavy atom. The Hall–Kier alpha value is -3.47. The number of aromatic nitrogens is 1. The Bertz CT molecular complexity index is 1010. The number of esters is 1. The number of benzene rings is 2. The normalized spacial score (nSPS) is 11.1. The molecule has 0 spiro atoms. The standard InChI is InChI=1S/C24H24N2O3/c1-18(2)26(16-19-8-4-3-5-9-19)22(27)17-29-23(28)14-13-21-11-6-10-20-12-7-15-25-24(20)21/h3-15,18H,16-17H2,1-2H3/b14-13+. The first-order chi connectivity index (χ1) is 14.0. The van der Waals surface area contributed by atoms with Crippen molar-refractivity contribution in [1.29, 1.82) is 0 Å². The average molecular weight is 388 g/mol. The van der Waals surface area contributed by atoms with Gasteiger partial charge in [0.15, 0.2) is 6.61 Å². The number of amides is 1. The summed E-state index contributed by atoms with van der Waals surface area (Å²) in [6.07, 6.45) is 4.70. The second-order valence-electron chi connectivity index (χ2n) is 6.96. The largest absolute Gasteiger partial charge is 0.452 e. The average Bonchev–Trinajstić information content (AvgIpc) is 2.74. The molecule has 2 aromatic carbocycles. The van der Waals surface area contributed by atoms with Gasteiger partial charge in [0.2, 0.25) is 0 Å². The molecule has 0 aliphatic carbocycles. The van der Waals surface area contributed by atoms with Gasteiger partial charge in [-0.05, 0) is 31.6 Å². The van der Waals surface area contributed by atoms with Crippen molar-refractivity contribution < 1.29 is 14.3 Å². The molecule has 1 amide bonds. The summed E-state index contributed by atoms with van der Waals surface area (Å²) in [5.41, 5.74) is 2.66. The van der Waals surface area contributed by atoms with Crippen LogP contribution < -0.4 is 0 Å². The maximum absolute atomic E-state index is 12.6. The fourth-order valence-corrected chi connectivity index (χ4v) is 3.02. The number of nitrogens with zero attached hydrogens (tertiary/aromatic N) is 2. The molecule has 0 N–H and O–H groups in total. The minimum Gasteiger partial charge on any atom is -0.452 e. The highest BCUT2D eigenvalue weighted by Crippen LogP contribution is 2.17. The Morgan fingerprint density at radius 2 is 1.79 bits per heavy atom. The van der Waals surface area contributed by atoms with Gasteiger partial charge in [-0.2, -0.15) is 0 Å². The molecule has 0 unspecified atom stereocenters. The number of pyridine rings is 1. The number of hydrogen-bond donors (Lipinski definition) is 0. The van der Waals surface area contributed by atoms with Crippen molar-refractivity contribution >= 4 is 28.9 Å². The van der Waals surface area contributed by atoms with E-state index < -0.39 is 5.97 Å². The van der Waals surface area contributed by atoms with Gasteiger partial charge in [0.1, 0.15) is 0 Å². The second-order valence-corrected chi connectivity index (χ2v) is 6.96. The zero-order chi connectivity index (χ0) is 20.6. The Kier molecular flexibility index (Phi) is 6.74. The number of rotatable bonds is 7. The zero-order valence-corrected chi connectivity index (χ0v) is 16.6. The van der Waals surface area contributed by atoms with Crippen LogP contribution in [0.5, 0.6) is 0 Å². The van der Waals surface area contributed by atoms with Crippen LogP contribution >= 0.6 is 0 Å². The van der Waals surface area contributed by atoms with E-state index in [1.54, 1.807) is 17.2 Å². The third-order valence-electron chi connectivity index (χ3n) is 4.54. The Morgan fingerprint density at radius 3 is 2.55 bits per heavy atom. The van der Waals surface area contributed by atoms with E-state index in [2.05, 4.69) is 4.98 Å². The second kappa shape index (κ2) is 9.64. The molecular formula is C24H24N2O3. The van der Waals surface area contributed by atoms with Gasteiger partial charge in [-0.15, -0.1) is 0 Å². The third-order valence-corrected chi connectivity index (χ3v) is 4.54. The van der Waals surface area contributed by atoms with Gasteiger partial charge < -0.3 is 9.64 Å². The van der Waals surface area contributed by atoms with E-state index in [0.717, 1.165) is 22.0 Å². The number of hydrogen-bond acceptors (Lipinski definition) is 4. The Balaban J connectivity index is 1.60. The van der Waals surface area contributed by atoms with Crippen LogP contribution in [-0.2, 0) is 20.9 Å². The lowest BCUT2D eigenvalue weighted by Gasteiger charge is -2.26. The highest BCUT2D eigenvalue weighted by molar-refractivity contribution is 5.93. The van der Waals surface area contributed by atoms with Crippen LogP contribution in [-0.4, -0.2) is 34.4 Å². The van der Waals surface area contributed by atoms with Crippen molar-refractivity contribution in [1.82, 2.24) is 9.88 Å². The van der Waals surface area contributed by atoms with Crippen LogP contribution in [0.3, 0.4) is 0 Å². The summed E-state index contributed by atoms with van der Waals surface area (Å²) in [5.74, 6) is -0.785. The molecule has 3 aromatic rings. The highest BCUT2D eigenvalue weighted by Gasteiger charge is 2.18. The van der Waals surface area contributed by atoms with E-state index in [4.69, 9.17) is 4.74 Å². The third kappa shape index (κ3) is 5.51. The number of ether oxygens (including phenoxy) is 1. The first-order valence-corrected chi connectivity index (χ1v) is 9.56. The summed E-state index contributed by atoms with van der Waals surface area (Å²) in [6, 6.07) is 19.3. The van der Waals surface area contributed by atoms with Crippen molar-refractivity contribution in [3.63, 3.8) is 0 Å². The van der Waals surface area contributed by atoms with Crippen LogP contribution in [0.25, 0.3) is 17.0 Å². The molecule has 0 aliphatic heterocycles. The molecule has 0 saturated carbocycles. The predicted molar refractivity (Wildman–Crippen MR) is 114 cm³/mol. The summed E-state index contributed by atoms with van der Waals surface area (Å²) in [5, 5.41) is 0.992. The first-order valence-electron chi connectivity index (χ1n) is 9.56. The van der Waals surface area contributed by atoms with E-state index in [9.17, 15) is 9.59 Å². The predicted octanol–water partition coefficient (Wildman–Crippen LogP) is 4.23. The van der Waals surface area contributed by atoms with Gasteiger partial charge in [0.05, 0.1) is 5.52 Å². The van der Waals surface area contributed by atoms with Gasteiger partial charge in [0.25, 0.3) is 5.91 Å². The van der Waals surface area contributed by atoms with E-state index >= 15 is 0 Å². The van der Waals surface area contributed by atoms with E-state index in [1.165, 1.54) is 6.08 Å². The number of carbonyl (C=O) groups is 2. The van der Waals surface area contributed by atoms with Crippen molar-refractivity contribution in [2.75, 3.05) is 6.61 Å². The molecule has 5 nitrogen and oxygen atoms in total. The number of fused-ring (bicyclic) bond motifs is 1. The van der Waals surface area contributed by atoms with Crippen LogP contribution in [0, 0.1) is 0 Å². The molecule has 0 fully saturated rings. The molecular weight excluding hydrogens is 364 g/mol. The monoisotopic (exact) mass is 388 g/mol. The fraction of sp³-hybridized carbons (Fsp3) is 0.208. The lowest BCUT2D eigenvalue weighted by molar-refractivity contribution is -0.149. The lowest BCUT2D eigenvalue weighted by atomic mass is 10.1. The highest BCUT2D eigenvalue weighted by atomic mass is 16.5. The maximum atomic E-state index is 12.6. The number of para-hydroxylation sites is 1. The molecule has 1 heterocycles. The van der Waals surface area contributed by atoms with Crippen molar-refractivity contribution in [3.8, 4) is 0 Å². The maximum Gasteiger partial charge on any atom is 0.331 e. The topological polar surface area (TPSA) is 59.5 Å². The minimum absolute atomic E-state index is 0.00120. The molecule has 0 bridgehead atoms. The van der Waals surface area contributed by atoms with Crippen molar-refractivity contribution in [2.45, 2.75) is 26.4 Å². The first kappa shape index (κ1) is 20.3. The van der Waals surface area contributed by atoms with E-state index in [1.807, 2.05) is 74.5 Å². The van der Waals surface area contributed by atoms with Gasteiger partial charge in [-0.3, -0.25) is 9.78 Å². The summed E-state index contributed by atoms with van der Waals surface area (Å²) in [4.78, 5) is 30.7.